The van der Waals surface area contributed by atoms with E-state index >= 15 is 0 Å². The van der Waals surface area contributed by atoms with E-state index in [1.165, 1.54) is 0 Å². The van der Waals surface area contributed by atoms with Crippen molar-refractivity contribution in [3.63, 3.8) is 0 Å². The summed E-state index contributed by atoms with van der Waals surface area (Å²) in [5.41, 5.74) is 0. The third kappa shape index (κ3) is 20.2. The van der Waals surface area contributed by atoms with E-state index < -0.39 is 0 Å². The Hall–Kier alpha value is 2.73. The van der Waals surface area contributed by atoms with Crippen molar-refractivity contribution in [1.29, 1.82) is 0 Å². The standard InChI is InChI=1S/Ca.3ClH.Li/h;3*1H;/q+2;;;;+1/p-3. The molecule has 0 spiro atoms. The molecule has 5 heteroatoms. The van der Waals surface area contributed by atoms with Gasteiger partial charge in [-0.3, -0.25) is 0 Å². The average Bonchev–Trinajstić information content (AvgIpc) is 0. The Bertz CT molecular complexity index is 6.85. The molecule has 0 nitrogen and oxygen atoms in total. The Labute approximate surface area is 92.2 Å². The van der Waals surface area contributed by atoms with Crippen LogP contribution in [0.1, 0.15) is 0 Å². The van der Waals surface area contributed by atoms with Crippen molar-refractivity contribution < 1.29 is 56.1 Å². The van der Waals surface area contributed by atoms with E-state index in [0.717, 1.165) is 0 Å². The predicted octanol–water partition coefficient (Wildman–Crippen LogP) is -12.4. The summed E-state index contributed by atoms with van der Waals surface area (Å²) in [5.74, 6) is 0. The van der Waals surface area contributed by atoms with Crippen molar-refractivity contribution in [2.24, 2.45) is 0 Å². The van der Waals surface area contributed by atoms with Gasteiger partial charge in [0.05, 0.1) is 0 Å². The summed E-state index contributed by atoms with van der Waals surface area (Å²) in [6, 6.07) is 0. The first kappa shape index (κ1) is 47.0. The predicted molar refractivity (Wildman–Crippen MR) is 5.75 cm³/mol. The Kier molecular flexibility index (Phi) is 279. The van der Waals surface area contributed by atoms with Gasteiger partial charge in [-0.15, -0.1) is 0 Å². The minimum atomic E-state index is 0. The number of halogens is 3. The number of hydrogen-bond acceptors (Lipinski definition) is 0. The van der Waals surface area contributed by atoms with E-state index in [9.17, 15) is 0 Å². The maximum atomic E-state index is 0. The van der Waals surface area contributed by atoms with Gasteiger partial charge in [-0.1, -0.05) is 0 Å². The zero-order chi connectivity index (χ0) is 0. The van der Waals surface area contributed by atoms with Crippen LogP contribution in [0.15, 0.2) is 0 Å². The van der Waals surface area contributed by atoms with Gasteiger partial charge in [-0.25, -0.2) is 0 Å². The summed E-state index contributed by atoms with van der Waals surface area (Å²) in [6.45, 7) is 0. The third-order valence-electron chi connectivity index (χ3n) is 0. The molecule has 0 radical (unpaired) electrons. The van der Waals surface area contributed by atoms with E-state index in [2.05, 4.69) is 0 Å². The molecule has 0 atom stereocenters. The van der Waals surface area contributed by atoms with E-state index in [4.69, 9.17) is 0 Å². The van der Waals surface area contributed by atoms with Crippen LogP contribution in [-0.4, -0.2) is 37.7 Å². The van der Waals surface area contributed by atoms with Crippen LogP contribution in [0.2, 0.25) is 0 Å². The molecule has 24 valence electrons. The van der Waals surface area contributed by atoms with Crippen LogP contribution in [0.3, 0.4) is 0 Å². The summed E-state index contributed by atoms with van der Waals surface area (Å²) in [6.07, 6.45) is 0. The molecule has 0 aromatic heterocycles. The van der Waals surface area contributed by atoms with Gasteiger partial charge >= 0.3 is 56.6 Å². The molecule has 0 heterocycles. The van der Waals surface area contributed by atoms with Gasteiger partial charge < -0.3 is 37.2 Å². The first-order valence-electron chi connectivity index (χ1n) is 0. The largest absolute Gasteiger partial charge is 2.00 e. The molecule has 0 rings (SSSR count). The molecular formula is CaCl3Li. The van der Waals surface area contributed by atoms with Gasteiger partial charge in [0, 0.05) is 0 Å². The fraction of sp³-hybridized carbons (Fsp3) is 0. The van der Waals surface area contributed by atoms with Crippen LogP contribution in [0.4, 0.5) is 0 Å². The summed E-state index contributed by atoms with van der Waals surface area (Å²) in [4.78, 5) is 0. The Morgan fingerprint density at radius 2 is 0.600 bits per heavy atom. The molecular weight excluding hydrogens is 153 g/mol. The van der Waals surface area contributed by atoms with Gasteiger partial charge in [0.15, 0.2) is 0 Å². The average molecular weight is 153 g/mol. The van der Waals surface area contributed by atoms with E-state index in [0.29, 0.717) is 0 Å². The molecule has 0 bridgehead atoms. The molecule has 0 aliphatic heterocycles. The summed E-state index contributed by atoms with van der Waals surface area (Å²) < 4.78 is 0. The molecule has 5 heavy (non-hydrogen) atoms. The molecule has 0 amide bonds. The van der Waals surface area contributed by atoms with Crippen molar-refractivity contribution in [1.82, 2.24) is 0 Å². The van der Waals surface area contributed by atoms with Crippen molar-refractivity contribution >= 4 is 37.7 Å². The third-order valence-corrected chi connectivity index (χ3v) is 0. The van der Waals surface area contributed by atoms with Gasteiger partial charge in [0.2, 0.25) is 0 Å². The molecule has 0 saturated heterocycles. The quantitative estimate of drug-likeness (QED) is 0.303. The van der Waals surface area contributed by atoms with Crippen LogP contribution in [0.5, 0.6) is 0 Å². The number of rotatable bonds is 0. The second-order valence-corrected chi connectivity index (χ2v) is 0. The van der Waals surface area contributed by atoms with Crippen molar-refractivity contribution in [2.45, 2.75) is 0 Å². The van der Waals surface area contributed by atoms with Crippen LogP contribution in [0.25, 0.3) is 0 Å². The Morgan fingerprint density at radius 3 is 0.600 bits per heavy atom. The Morgan fingerprint density at radius 1 is 0.600 bits per heavy atom. The SMILES string of the molecule is [Ca+2].[Cl-].[Cl-].[Cl-].[Li+]. The minimum absolute atomic E-state index is 0. The van der Waals surface area contributed by atoms with Crippen molar-refractivity contribution in [3.8, 4) is 0 Å². The monoisotopic (exact) mass is 152 g/mol. The van der Waals surface area contributed by atoms with Gasteiger partial charge in [-0.05, 0) is 0 Å². The fourth-order valence-electron chi connectivity index (χ4n) is 0. The van der Waals surface area contributed by atoms with Gasteiger partial charge in [0.25, 0.3) is 0 Å². The van der Waals surface area contributed by atoms with Gasteiger partial charge in [0.1, 0.15) is 0 Å². The summed E-state index contributed by atoms with van der Waals surface area (Å²) in [5, 5.41) is 0. The smallest absolute Gasteiger partial charge is 1.00 e. The zero-order valence-electron chi connectivity index (χ0n) is 2.84. The van der Waals surface area contributed by atoms with Crippen molar-refractivity contribution in [3.05, 3.63) is 0 Å². The zero-order valence-corrected chi connectivity index (χ0v) is 7.32. The van der Waals surface area contributed by atoms with Crippen molar-refractivity contribution in [2.75, 3.05) is 0 Å². The van der Waals surface area contributed by atoms with E-state index in [1.807, 2.05) is 0 Å². The van der Waals surface area contributed by atoms with Crippen LogP contribution in [-0.2, 0) is 0 Å². The van der Waals surface area contributed by atoms with E-state index in [-0.39, 0.29) is 93.8 Å². The topological polar surface area (TPSA) is 0 Å². The van der Waals surface area contributed by atoms with E-state index in [1.54, 1.807) is 0 Å². The molecule has 0 unspecified atom stereocenters. The first-order valence-corrected chi connectivity index (χ1v) is 0. The number of hydrogen-bond donors (Lipinski definition) is 0. The molecule has 0 N–H and O–H groups in total. The maximum absolute atomic E-state index is 0. The van der Waals surface area contributed by atoms with Crippen LogP contribution < -0.4 is 56.1 Å². The maximum Gasteiger partial charge on any atom is 2.00 e. The molecule has 0 fully saturated rings. The van der Waals surface area contributed by atoms with Crippen LogP contribution >= 0.6 is 0 Å². The Balaban J connectivity index is 0. The molecule has 0 aromatic rings. The second kappa shape index (κ2) is 29.7. The van der Waals surface area contributed by atoms with Crippen LogP contribution in [0, 0.1) is 0 Å². The molecule has 0 aliphatic carbocycles. The summed E-state index contributed by atoms with van der Waals surface area (Å²) in [7, 11) is 0. The molecule has 0 aliphatic rings. The minimum Gasteiger partial charge on any atom is -1.00 e. The van der Waals surface area contributed by atoms with Gasteiger partial charge in [-0.2, -0.15) is 0 Å². The normalized spacial score (nSPS) is 0. The second-order valence-electron chi connectivity index (χ2n) is 0. The summed E-state index contributed by atoms with van der Waals surface area (Å²) >= 11 is 0. The fourth-order valence-corrected chi connectivity index (χ4v) is 0. The molecule has 0 saturated carbocycles. The first-order chi connectivity index (χ1) is 0. The molecule has 0 aromatic carbocycles.